The van der Waals surface area contributed by atoms with E-state index in [0.29, 0.717) is 12.1 Å². The van der Waals surface area contributed by atoms with Gasteiger partial charge in [-0.25, -0.2) is 0 Å². The lowest BCUT2D eigenvalue weighted by Gasteiger charge is -2.36. The summed E-state index contributed by atoms with van der Waals surface area (Å²) in [7, 11) is 1.88. The predicted octanol–water partition coefficient (Wildman–Crippen LogP) is 2.07. The Morgan fingerprint density at radius 3 is 2.54 bits per heavy atom. The Hall–Kier alpha value is -1.07. The van der Waals surface area contributed by atoms with Crippen molar-refractivity contribution in [2.24, 2.45) is 4.99 Å². The number of rotatable bonds is 6. The normalized spacial score (nSPS) is 24.8. The number of hydrogen-bond acceptors (Lipinski definition) is 3. The second kappa shape index (κ2) is 10.0. The van der Waals surface area contributed by atoms with Gasteiger partial charge in [0.15, 0.2) is 5.96 Å². The Bertz CT molecular complexity index is 412. The van der Waals surface area contributed by atoms with Gasteiger partial charge in [-0.05, 0) is 45.7 Å². The van der Waals surface area contributed by atoms with Crippen LogP contribution >= 0.6 is 0 Å². The first-order valence-electron chi connectivity index (χ1n) is 9.70. The molecular formula is C19H37N5. The maximum atomic E-state index is 4.43. The fourth-order valence-electron chi connectivity index (χ4n) is 3.93. The summed E-state index contributed by atoms with van der Waals surface area (Å²) in [5.74, 6) is 0.968. The highest BCUT2D eigenvalue weighted by atomic mass is 15.2. The van der Waals surface area contributed by atoms with Crippen LogP contribution in [0.3, 0.4) is 0 Å². The van der Waals surface area contributed by atoms with Gasteiger partial charge in [0.1, 0.15) is 0 Å². The topological polar surface area (TPSA) is 42.9 Å². The van der Waals surface area contributed by atoms with Crippen LogP contribution < -0.4 is 10.6 Å². The molecule has 0 bridgehead atoms. The molecular weight excluding hydrogens is 298 g/mol. The monoisotopic (exact) mass is 335 g/mol. The van der Waals surface area contributed by atoms with Crippen LogP contribution in [-0.2, 0) is 0 Å². The van der Waals surface area contributed by atoms with Crippen molar-refractivity contribution in [3.8, 4) is 0 Å². The summed E-state index contributed by atoms with van der Waals surface area (Å²) in [5, 5.41) is 7.19. The lowest BCUT2D eigenvalue weighted by atomic mass is 10.0. The molecule has 1 atom stereocenters. The number of piperidine rings is 2. The smallest absolute Gasteiger partial charge is 0.191 e. The molecule has 1 unspecified atom stereocenters. The fraction of sp³-hybridized carbons (Fsp3) is 0.842. The van der Waals surface area contributed by atoms with Crippen molar-refractivity contribution in [2.75, 3.05) is 46.3 Å². The van der Waals surface area contributed by atoms with E-state index in [0.717, 1.165) is 38.7 Å². The Morgan fingerprint density at radius 2 is 1.92 bits per heavy atom. The van der Waals surface area contributed by atoms with Crippen LogP contribution in [0.1, 0.15) is 46.0 Å². The second-order valence-electron chi connectivity index (χ2n) is 7.38. The van der Waals surface area contributed by atoms with E-state index in [1.54, 1.807) is 0 Å². The summed E-state index contributed by atoms with van der Waals surface area (Å²) in [4.78, 5) is 9.53. The molecule has 0 aromatic rings. The minimum absolute atomic E-state index is 0.534. The van der Waals surface area contributed by atoms with Gasteiger partial charge < -0.3 is 10.6 Å². The van der Waals surface area contributed by atoms with Gasteiger partial charge in [-0.2, -0.15) is 0 Å². The summed E-state index contributed by atoms with van der Waals surface area (Å²) >= 11 is 0. The van der Waals surface area contributed by atoms with Crippen molar-refractivity contribution >= 4 is 5.96 Å². The molecule has 0 aromatic carbocycles. The molecule has 0 spiro atoms. The molecule has 0 saturated carbocycles. The Morgan fingerprint density at radius 1 is 1.17 bits per heavy atom. The van der Waals surface area contributed by atoms with Crippen molar-refractivity contribution < 1.29 is 0 Å². The highest BCUT2D eigenvalue weighted by molar-refractivity contribution is 5.80. The summed E-state index contributed by atoms with van der Waals surface area (Å²) < 4.78 is 0. The maximum absolute atomic E-state index is 4.43. The average molecular weight is 336 g/mol. The summed E-state index contributed by atoms with van der Waals surface area (Å²) in [5.41, 5.74) is 1.26. The molecule has 5 nitrogen and oxygen atoms in total. The van der Waals surface area contributed by atoms with E-state index in [1.165, 1.54) is 44.2 Å². The minimum Gasteiger partial charge on any atom is -0.355 e. The van der Waals surface area contributed by atoms with Crippen molar-refractivity contribution in [3.63, 3.8) is 0 Å². The molecule has 2 fully saturated rings. The molecule has 24 heavy (non-hydrogen) atoms. The highest BCUT2D eigenvalue weighted by Gasteiger charge is 2.22. The average Bonchev–Trinajstić information content (AvgIpc) is 2.59. The third-order valence-electron chi connectivity index (χ3n) is 5.31. The lowest BCUT2D eigenvalue weighted by molar-refractivity contribution is 0.157. The Balaban J connectivity index is 1.72. The number of nitrogens with one attached hydrogen (secondary N) is 2. The number of aliphatic imine (C=N–C) groups is 1. The van der Waals surface area contributed by atoms with Gasteiger partial charge in [-0.1, -0.05) is 25.5 Å². The number of likely N-dealkylation sites (tertiary alicyclic amines) is 2. The summed E-state index contributed by atoms with van der Waals surface area (Å²) in [6, 6.07) is 1.19. The molecule has 2 saturated heterocycles. The summed E-state index contributed by atoms with van der Waals surface area (Å²) in [6.45, 7) is 15.1. The molecule has 2 aliphatic rings. The first-order valence-corrected chi connectivity index (χ1v) is 9.70. The van der Waals surface area contributed by atoms with Crippen molar-refractivity contribution in [1.82, 2.24) is 20.4 Å². The molecule has 2 N–H and O–H groups in total. The van der Waals surface area contributed by atoms with Crippen LogP contribution in [0.5, 0.6) is 0 Å². The van der Waals surface area contributed by atoms with E-state index in [2.05, 4.69) is 45.9 Å². The van der Waals surface area contributed by atoms with Gasteiger partial charge in [0.05, 0.1) is 0 Å². The Labute approximate surface area is 148 Å². The number of hydrogen-bond donors (Lipinski definition) is 2. The van der Waals surface area contributed by atoms with Crippen LogP contribution in [0.4, 0.5) is 0 Å². The third kappa shape index (κ3) is 6.10. The van der Waals surface area contributed by atoms with Gasteiger partial charge in [0.2, 0.25) is 0 Å². The van der Waals surface area contributed by atoms with Crippen LogP contribution in [-0.4, -0.2) is 74.2 Å². The van der Waals surface area contributed by atoms with E-state index in [9.17, 15) is 0 Å². The van der Waals surface area contributed by atoms with E-state index < -0.39 is 0 Å². The van der Waals surface area contributed by atoms with Crippen molar-refractivity contribution in [2.45, 2.75) is 58.0 Å². The van der Waals surface area contributed by atoms with Crippen LogP contribution in [0.25, 0.3) is 0 Å². The van der Waals surface area contributed by atoms with Crippen molar-refractivity contribution in [3.05, 3.63) is 12.2 Å². The SMILES string of the molecule is C=C(C)CN1CCC(NC(=NC)NCC2CCCCN2CC)CC1. The standard InChI is InChI=1S/C19H37N5/c1-5-24-11-7-6-8-18(24)14-21-19(20-4)22-17-9-12-23(13-10-17)15-16(2)3/h17-18H,2,5-15H2,1,3-4H3,(H2,20,21,22). The highest BCUT2D eigenvalue weighted by Crippen LogP contribution is 2.16. The maximum Gasteiger partial charge on any atom is 0.191 e. The fourth-order valence-corrected chi connectivity index (χ4v) is 3.93. The molecule has 2 heterocycles. The second-order valence-corrected chi connectivity index (χ2v) is 7.38. The molecule has 0 aliphatic carbocycles. The quantitative estimate of drug-likeness (QED) is 0.443. The molecule has 2 aliphatic heterocycles. The number of nitrogens with zero attached hydrogens (tertiary/aromatic N) is 3. The van der Waals surface area contributed by atoms with Crippen molar-refractivity contribution in [1.29, 1.82) is 0 Å². The summed E-state index contributed by atoms with van der Waals surface area (Å²) in [6.07, 6.45) is 6.37. The Kier molecular flexibility index (Phi) is 8.06. The van der Waals surface area contributed by atoms with Gasteiger partial charge >= 0.3 is 0 Å². The van der Waals surface area contributed by atoms with Gasteiger partial charge in [0.25, 0.3) is 0 Å². The van der Waals surface area contributed by atoms with E-state index in [-0.39, 0.29) is 0 Å². The molecule has 0 radical (unpaired) electrons. The number of guanidine groups is 1. The zero-order valence-electron chi connectivity index (χ0n) is 16.0. The molecule has 138 valence electrons. The lowest BCUT2D eigenvalue weighted by Crippen LogP contribution is -2.52. The van der Waals surface area contributed by atoms with Gasteiger partial charge in [-0.3, -0.25) is 14.8 Å². The molecule has 0 aromatic heterocycles. The van der Waals surface area contributed by atoms with Gasteiger partial charge in [-0.15, -0.1) is 0 Å². The van der Waals surface area contributed by atoms with Crippen LogP contribution in [0.2, 0.25) is 0 Å². The van der Waals surface area contributed by atoms with E-state index >= 15 is 0 Å². The number of likely N-dealkylation sites (N-methyl/N-ethyl adjacent to an activating group) is 1. The van der Waals surface area contributed by atoms with Gasteiger partial charge in [0, 0.05) is 45.3 Å². The molecule has 0 amide bonds. The first-order chi connectivity index (χ1) is 11.6. The van der Waals surface area contributed by atoms with Crippen LogP contribution in [0.15, 0.2) is 17.1 Å². The minimum atomic E-state index is 0.534. The molecule has 5 heteroatoms. The zero-order valence-corrected chi connectivity index (χ0v) is 16.0. The van der Waals surface area contributed by atoms with E-state index in [4.69, 9.17) is 0 Å². The predicted molar refractivity (Wildman–Crippen MR) is 104 cm³/mol. The molecule has 2 rings (SSSR count). The van der Waals surface area contributed by atoms with E-state index in [1.807, 2.05) is 7.05 Å². The largest absolute Gasteiger partial charge is 0.355 e. The van der Waals surface area contributed by atoms with Crippen LogP contribution in [0, 0.1) is 0 Å². The zero-order chi connectivity index (χ0) is 17.4. The third-order valence-corrected chi connectivity index (χ3v) is 5.31. The first kappa shape index (κ1) is 19.3.